The van der Waals surface area contributed by atoms with E-state index in [2.05, 4.69) is 5.32 Å². The van der Waals surface area contributed by atoms with Crippen molar-refractivity contribution in [2.45, 2.75) is 20.5 Å². The number of carbonyl (C=O) groups is 2. The first kappa shape index (κ1) is 21.0. The summed E-state index contributed by atoms with van der Waals surface area (Å²) in [5.74, 6) is -0.301. The number of hydrogen-bond acceptors (Lipinski definition) is 6. The Kier molecular flexibility index (Phi) is 6.41. The number of carbonyl (C=O) groups excluding carboxylic acids is 2. The van der Waals surface area contributed by atoms with Crippen LogP contribution in [0.4, 0.5) is 5.69 Å². The van der Waals surface area contributed by atoms with Gasteiger partial charge in [-0.2, -0.15) is 0 Å². The summed E-state index contributed by atoms with van der Waals surface area (Å²) in [5, 5.41) is 2.67. The molecule has 0 saturated carbocycles. The first-order chi connectivity index (χ1) is 14.4. The Balaban J connectivity index is 1.88. The van der Waals surface area contributed by atoms with Crippen LogP contribution in [0.1, 0.15) is 37.6 Å². The van der Waals surface area contributed by atoms with Gasteiger partial charge in [-0.15, -0.1) is 0 Å². The van der Waals surface area contributed by atoms with Gasteiger partial charge in [-0.1, -0.05) is 29.3 Å². The van der Waals surface area contributed by atoms with Gasteiger partial charge in [0.1, 0.15) is 6.61 Å². The Labute approximate surface area is 174 Å². The maximum absolute atomic E-state index is 12.9. The van der Waals surface area contributed by atoms with Crippen LogP contribution in [0.15, 0.2) is 53.1 Å². The Bertz CT molecular complexity index is 1040. The van der Waals surface area contributed by atoms with Gasteiger partial charge in [0.25, 0.3) is 5.91 Å². The molecule has 0 spiro atoms. The third-order valence-corrected chi connectivity index (χ3v) is 4.39. The van der Waals surface area contributed by atoms with Crippen molar-refractivity contribution in [1.29, 1.82) is 0 Å². The van der Waals surface area contributed by atoms with Crippen molar-refractivity contribution in [2.24, 2.45) is 0 Å². The second-order valence-electron chi connectivity index (χ2n) is 6.76. The normalized spacial score (nSPS) is 10.4. The average molecular weight is 409 g/mol. The fourth-order valence-electron chi connectivity index (χ4n) is 3.12. The second kappa shape index (κ2) is 9.17. The van der Waals surface area contributed by atoms with E-state index < -0.39 is 11.9 Å². The van der Waals surface area contributed by atoms with E-state index in [0.29, 0.717) is 11.5 Å². The maximum Gasteiger partial charge on any atom is 0.340 e. The van der Waals surface area contributed by atoms with Gasteiger partial charge in [0.15, 0.2) is 17.3 Å². The van der Waals surface area contributed by atoms with Crippen molar-refractivity contribution in [3.8, 4) is 11.5 Å². The van der Waals surface area contributed by atoms with E-state index in [4.69, 9.17) is 18.6 Å². The monoisotopic (exact) mass is 409 g/mol. The van der Waals surface area contributed by atoms with Crippen molar-refractivity contribution in [2.75, 3.05) is 19.5 Å². The fraction of sp³-hybridized carbons (Fsp3) is 0.217. The summed E-state index contributed by atoms with van der Waals surface area (Å²) >= 11 is 0. The summed E-state index contributed by atoms with van der Waals surface area (Å²) < 4.78 is 21.2. The highest BCUT2D eigenvalue weighted by atomic mass is 16.5. The second-order valence-corrected chi connectivity index (χ2v) is 6.76. The highest BCUT2D eigenvalue weighted by Crippen LogP contribution is 2.34. The molecule has 30 heavy (non-hydrogen) atoms. The Hall–Kier alpha value is -3.74. The summed E-state index contributed by atoms with van der Waals surface area (Å²) in [4.78, 5) is 25.3. The molecule has 1 N–H and O–H groups in total. The lowest BCUT2D eigenvalue weighted by atomic mass is 10.1. The summed E-state index contributed by atoms with van der Waals surface area (Å²) in [6, 6.07) is 12.1. The Morgan fingerprint density at radius 3 is 2.23 bits per heavy atom. The van der Waals surface area contributed by atoms with Crippen LogP contribution in [0.2, 0.25) is 0 Å². The molecular formula is C23H23NO6. The largest absolute Gasteiger partial charge is 0.493 e. The molecule has 3 rings (SSSR count). The van der Waals surface area contributed by atoms with E-state index in [-0.39, 0.29) is 23.6 Å². The molecular weight excluding hydrogens is 386 g/mol. The van der Waals surface area contributed by atoms with Crippen molar-refractivity contribution >= 4 is 17.6 Å². The molecule has 3 aromatic rings. The summed E-state index contributed by atoms with van der Waals surface area (Å²) in [6.45, 7) is 4.06. The molecule has 0 unspecified atom stereocenters. The van der Waals surface area contributed by atoms with Crippen molar-refractivity contribution in [1.82, 2.24) is 0 Å². The number of amides is 1. The molecule has 1 heterocycles. The lowest BCUT2D eigenvalue weighted by Gasteiger charge is -2.15. The molecule has 0 saturated heterocycles. The van der Waals surface area contributed by atoms with Gasteiger partial charge >= 0.3 is 5.97 Å². The smallest absolute Gasteiger partial charge is 0.340 e. The first-order valence-electron chi connectivity index (χ1n) is 9.26. The molecule has 0 aliphatic heterocycles. The average Bonchev–Trinajstić information content (AvgIpc) is 3.26. The SMILES string of the molecule is COc1cc(NC(=O)c2ccco2)c(C(=O)OCc2cc(C)cc(C)c2)cc1OC. The maximum atomic E-state index is 12.9. The third kappa shape index (κ3) is 4.81. The molecule has 0 fully saturated rings. The van der Waals surface area contributed by atoms with Crippen molar-refractivity contribution < 1.29 is 28.2 Å². The van der Waals surface area contributed by atoms with Gasteiger partial charge in [0.2, 0.25) is 0 Å². The lowest BCUT2D eigenvalue weighted by molar-refractivity contribution is 0.0473. The number of benzene rings is 2. The number of hydrogen-bond donors (Lipinski definition) is 1. The van der Waals surface area contributed by atoms with Crippen LogP contribution in [0.25, 0.3) is 0 Å². The Morgan fingerprint density at radius 1 is 0.967 bits per heavy atom. The van der Waals surface area contributed by atoms with E-state index in [1.54, 1.807) is 6.07 Å². The quantitative estimate of drug-likeness (QED) is 0.577. The van der Waals surface area contributed by atoms with Gasteiger partial charge in [0.05, 0.1) is 31.7 Å². The van der Waals surface area contributed by atoms with Crippen LogP contribution in [-0.4, -0.2) is 26.1 Å². The predicted octanol–water partition coefficient (Wildman–Crippen LogP) is 4.52. The molecule has 0 aliphatic carbocycles. The fourth-order valence-corrected chi connectivity index (χ4v) is 3.12. The van der Waals surface area contributed by atoms with Crippen molar-refractivity contribution in [3.05, 3.63) is 76.7 Å². The molecule has 0 aliphatic rings. The standard InChI is InChI=1S/C23H23NO6/c1-14-8-15(2)10-16(9-14)13-30-23(26)17-11-20(27-3)21(28-4)12-18(17)24-22(25)19-6-5-7-29-19/h5-12H,13H2,1-4H3,(H,24,25). The number of methoxy groups -OCH3 is 2. The molecule has 1 aromatic heterocycles. The lowest BCUT2D eigenvalue weighted by Crippen LogP contribution is -2.16. The van der Waals surface area contributed by atoms with E-state index >= 15 is 0 Å². The molecule has 7 heteroatoms. The highest BCUT2D eigenvalue weighted by Gasteiger charge is 2.21. The molecule has 0 bridgehead atoms. The summed E-state index contributed by atoms with van der Waals surface area (Å²) in [7, 11) is 2.93. The van der Waals surface area contributed by atoms with E-state index in [1.807, 2.05) is 32.0 Å². The summed E-state index contributed by atoms with van der Waals surface area (Å²) in [5.41, 5.74) is 3.40. The van der Waals surface area contributed by atoms with Crippen molar-refractivity contribution in [3.63, 3.8) is 0 Å². The number of nitrogens with one attached hydrogen (secondary N) is 1. The predicted molar refractivity (Wildman–Crippen MR) is 111 cm³/mol. The summed E-state index contributed by atoms with van der Waals surface area (Å²) in [6.07, 6.45) is 1.39. The number of furan rings is 1. The number of esters is 1. The zero-order chi connectivity index (χ0) is 21.7. The van der Waals surface area contributed by atoms with E-state index in [0.717, 1.165) is 16.7 Å². The zero-order valence-electron chi connectivity index (χ0n) is 17.3. The van der Waals surface area contributed by atoms with Crippen LogP contribution in [0.5, 0.6) is 11.5 Å². The van der Waals surface area contributed by atoms with Gasteiger partial charge in [-0.25, -0.2) is 4.79 Å². The number of aryl methyl sites for hydroxylation is 2. The van der Waals surface area contributed by atoms with Crippen LogP contribution in [0, 0.1) is 13.8 Å². The highest BCUT2D eigenvalue weighted by molar-refractivity contribution is 6.07. The van der Waals surface area contributed by atoms with Crippen LogP contribution >= 0.6 is 0 Å². The molecule has 0 atom stereocenters. The minimum atomic E-state index is -0.607. The van der Waals surface area contributed by atoms with Crippen LogP contribution in [0.3, 0.4) is 0 Å². The van der Waals surface area contributed by atoms with Crippen LogP contribution in [-0.2, 0) is 11.3 Å². The number of rotatable bonds is 7. The molecule has 2 aromatic carbocycles. The number of anilines is 1. The van der Waals surface area contributed by atoms with Gasteiger partial charge in [0, 0.05) is 12.1 Å². The van der Waals surface area contributed by atoms with E-state index in [1.165, 1.54) is 38.7 Å². The van der Waals surface area contributed by atoms with Crippen LogP contribution < -0.4 is 14.8 Å². The molecule has 1 amide bonds. The minimum absolute atomic E-state index is 0.0985. The minimum Gasteiger partial charge on any atom is -0.493 e. The Morgan fingerprint density at radius 2 is 1.63 bits per heavy atom. The molecule has 7 nitrogen and oxygen atoms in total. The zero-order valence-corrected chi connectivity index (χ0v) is 17.3. The number of ether oxygens (including phenoxy) is 3. The van der Waals surface area contributed by atoms with Gasteiger partial charge in [-0.3, -0.25) is 4.79 Å². The molecule has 156 valence electrons. The van der Waals surface area contributed by atoms with Gasteiger partial charge < -0.3 is 23.9 Å². The van der Waals surface area contributed by atoms with E-state index in [9.17, 15) is 9.59 Å². The molecule has 0 radical (unpaired) electrons. The topological polar surface area (TPSA) is 87.0 Å². The third-order valence-electron chi connectivity index (χ3n) is 4.39. The first-order valence-corrected chi connectivity index (χ1v) is 9.26. The van der Waals surface area contributed by atoms with Gasteiger partial charge in [-0.05, 0) is 31.5 Å².